The quantitative estimate of drug-likeness (QED) is 0.623. The highest BCUT2D eigenvalue weighted by Gasteiger charge is 2.19. The van der Waals surface area contributed by atoms with Gasteiger partial charge in [-0.25, -0.2) is 4.79 Å². The van der Waals surface area contributed by atoms with Crippen LogP contribution < -0.4 is 11.5 Å². The van der Waals surface area contributed by atoms with Crippen LogP contribution in [0.2, 0.25) is 0 Å². The molecule has 1 aliphatic heterocycles. The Labute approximate surface area is 78.7 Å². The summed E-state index contributed by atoms with van der Waals surface area (Å²) in [6.07, 6.45) is 2.00. The van der Waals surface area contributed by atoms with E-state index in [0.717, 1.165) is 32.5 Å². The highest BCUT2D eigenvalue weighted by Crippen LogP contribution is 2.14. The van der Waals surface area contributed by atoms with E-state index in [-0.39, 0.29) is 18.4 Å². The van der Waals surface area contributed by atoms with E-state index in [2.05, 4.69) is 0 Å². The van der Waals surface area contributed by atoms with Crippen LogP contribution in [0.5, 0.6) is 0 Å². The monoisotopic (exact) mass is 193 g/mol. The first kappa shape index (κ1) is 11.5. The zero-order valence-corrected chi connectivity index (χ0v) is 7.85. The largest absolute Gasteiger partial charge is 0.351 e. The summed E-state index contributed by atoms with van der Waals surface area (Å²) in [7, 11) is 0. The van der Waals surface area contributed by atoms with Gasteiger partial charge in [-0.15, -0.1) is 12.4 Å². The van der Waals surface area contributed by atoms with Crippen molar-refractivity contribution in [3.05, 3.63) is 0 Å². The summed E-state index contributed by atoms with van der Waals surface area (Å²) in [4.78, 5) is 12.3. The molecule has 2 amide bonds. The molecule has 0 aromatic rings. The van der Waals surface area contributed by atoms with Gasteiger partial charge in [-0.2, -0.15) is 0 Å². The lowest BCUT2D eigenvalue weighted by Crippen LogP contribution is -2.42. The van der Waals surface area contributed by atoms with Crippen molar-refractivity contribution in [1.29, 1.82) is 0 Å². The van der Waals surface area contributed by atoms with Crippen molar-refractivity contribution in [3.63, 3.8) is 0 Å². The molecule has 0 spiro atoms. The molecular formula is C7H16ClN3O. The minimum atomic E-state index is -0.305. The Morgan fingerprint density at radius 1 is 1.42 bits per heavy atom. The number of hydrogen-bond donors (Lipinski definition) is 2. The number of carbonyl (C=O) groups excluding carboxylic acids is 1. The van der Waals surface area contributed by atoms with Gasteiger partial charge in [0.05, 0.1) is 0 Å². The maximum absolute atomic E-state index is 10.7. The van der Waals surface area contributed by atoms with Crippen molar-refractivity contribution >= 4 is 18.4 Å². The van der Waals surface area contributed by atoms with Crippen LogP contribution in [0.4, 0.5) is 4.79 Å². The summed E-state index contributed by atoms with van der Waals surface area (Å²) in [5.41, 5.74) is 10.6. The molecular weight excluding hydrogens is 178 g/mol. The lowest BCUT2D eigenvalue weighted by molar-refractivity contribution is 0.180. The van der Waals surface area contributed by atoms with Crippen LogP contribution in [0.25, 0.3) is 0 Å². The van der Waals surface area contributed by atoms with Crippen LogP contribution in [0.15, 0.2) is 0 Å². The Morgan fingerprint density at radius 3 is 2.25 bits per heavy atom. The standard InChI is InChI=1S/C7H15N3O.ClH/c8-5-6-1-3-10(4-2-6)7(9)11;/h6H,1-5,8H2,(H2,9,11);1H. The van der Waals surface area contributed by atoms with Crippen LogP contribution in [0.3, 0.4) is 0 Å². The fourth-order valence-corrected chi connectivity index (χ4v) is 1.39. The lowest BCUT2D eigenvalue weighted by atomic mass is 9.97. The van der Waals surface area contributed by atoms with E-state index in [1.54, 1.807) is 4.90 Å². The van der Waals surface area contributed by atoms with Crippen molar-refractivity contribution in [2.45, 2.75) is 12.8 Å². The Morgan fingerprint density at radius 2 is 1.92 bits per heavy atom. The molecule has 4 N–H and O–H groups in total. The number of nitrogens with zero attached hydrogens (tertiary/aromatic N) is 1. The Kier molecular flexibility index (Phi) is 5.01. The number of halogens is 1. The second-order valence-corrected chi connectivity index (χ2v) is 3.00. The zero-order valence-electron chi connectivity index (χ0n) is 7.03. The second-order valence-electron chi connectivity index (χ2n) is 3.00. The number of primary amides is 1. The van der Waals surface area contributed by atoms with Crippen LogP contribution in [0.1, 0.15) is 12.8 Å². The van der Waals surface area contributed by atoms with Crippen LogP contribution >= 0.6 is 12.4 Å². The number of hydrogen-bond acceptors (Lipinski definition) is 2. The fourth-order valence-electron chi connectivity index (χ4n) is 1.39. The summed E-state index contributed by atoms with van der Waals surface area (Å²) in [5, 5.41) is 0. The first-order chi connectivity index (χ1) is 5.24. The van der Waals surface area contributed by atoms with E-state index in [4.69, 9.17) is 11.5 Å². The highest BCUT2D eigenvalue weighted by atomic mass is 35.5. The van der Waals surface area contributed by atoms with Crippen LogP contribution in [0, 0.1) is 5.92 Å². The molecule has 0 aromatic carbocycles. The molecule has 0 unspecified atom stereocenters. The molecule has 0 radical (unpaired) electrons. The van der Waals surface area contributed by atoms with E-state index >= 15 is 0 Å². The molecule has 1 aliphatic rings. The molecule has 1 fully saturated rings. The smallest absolute Gasteiger partial charge is 0.314 e. The second kappa shape index (κ2) is 5.22. The van der Waals surface area contributed by atoms with Crippen molar-refractivity contribution < 1.29 is 4.79 Å². The van der Waals surface area contributed by atoms with E-state index in [0.29, 0.717) is 5.92 Å². The molecule has 5 heteroatoms. The third-order valence-electron chi connectivity index (χ3n) is 2.26. The minimum Gasteiger partial charge on any atom is -0.351 e. The predicted octanol–water partition coefficient (Wildman–Crippen LogP) is 0.158. The van der Waals surface area contributed by atoms with Gasteiger partial charge in [-0.05, 0) is 25.3 Å². The molecule has 0 aliphatic carbocycles. The molecule has 72 valence electrons. The minimum absolute atomic E-state index is 0. The average Bonchev–Trinajstić information content (AvgIpc) is 2.05. The fraction of sp³-hybridized carbons (Fsp3) is 0.857. The van der Waals surface area contributed by atoms with Gasteiger partial charge >= 0.3 is 6.03 Å². The molecule has 1 heterocycles. The topological polar surface area (TPSA) is 72.3 Å². The molecule has 0 bridgehead atoms. The summed E-state index contributed by atoms with van der Waals surface area (Å²) in [6.45, 7) is 2.28. The molecule has 12 heavy (non-hydrogen) atoms. The first-order valence-electron chi connectivity index (χ1n) is 3.98. The summed E-state index contributed by atoms with van der Waals surface area (Å²) in [6, 6.07) is -0.305. The van der Waals surface area contributed by atoms with E-state index in [1.807, 2.05) is 0 Å². The van der Waals surface area contributed by atoms with Crippen molar-refractivity contribution in [1.82, 2.24) is 4.90 Å². The maximum Gasteiger partial charge on any atom is 0.314 e. The first-order valence-corrected chi connectivity index (χ1v) is 3.98. The summed E-state index contributed by atoms with van der Waals surface area (Å²) in [5.74, 6) is 0.589. The zero-order chi connectivity index (χ0) is 8.27. The van der Waals surface area contributed by atoms with E-state index < -0.39 is 0 Å². The van der Waals surface area contributed by atoms with E-state index in [9.17, 15) is 4.79 Å². The third kappa shape index (κ3) is 2.87. The van der Waals surface area contributed by atoms with Gasteiger partial charge in [0.15, 0.2) is 0 Å². The SMILES string of the molecule is Cl.NCC1CCN(C(N)=O)CC1. The Hall–Kier alpha value is -0.480. The maximum atomic E-state index is 10.7. The van der Waals surface area contributed by atoms with Gasteiger partial charge in [0, 0.05) is 13.1 Å². The number of rotatable bonds is 1. The van der Waals surface area contributed by atoms with Crippen LogP contribution in [-0.2, 0) is 0 Å². The van der Waals surface area contributed by atoms with Crippen molar-refractivity contribution in [2.75, 3.05) is 19.6 Å². The summed E-state index contributed by atoms with van der Waals surface area (Å²) < 4.78 is 0. The van der Waals surface area contributed by atoms with Gasteiger partial charge in [0.1, 0.15) is 0 Å². The van der Waals surface area contributed by atoms with Gasteiger partial charge < -0.3 is 16.4 Å². The van der Waals surface area contributed by atoms with Gasteiger partial charge in [0.25, 0.3) is 0 Å². The van der Waals surface area contributed by atoms with Gasteiger partial charge in [-0.3, -0.25) is 0 Å². The Balaban J connectivity index is 0.00000121. The highest BCUT2D eigenvalue weighted by molar-refractivity contribution is 5.85. The average molecular weight is 194 g/mol. The van der Waals surface area contributed by atoms with E-state index in [1.165, 1.54) is 0 Å². The normalized spacial score (nSPS) is 18.6. The number of piperidine rings is 1. The van der Waals surface area contributed by atoms with Gasteiger partial charge in [-0.1, -0.05) is 0 Å². The molecule has 0 aromatic heterocycles. The molecule has 1 rings (SSSR count). The van der Waals surface area contributed by atoms with Crippen LogP contribution in [-0.4, -0.2) is 30.6 Å². The Bertz CT molecular complexity index is 146. The molecule has 1 saturated heterocycles. The number of urea groups is 1. The molecule has 0 saturated carbocycles. The number of nitrogens with two attached hydrogens (primary N) is 2. The lowest BCUT2D eigenvalue weighted by Gasteiger charge is -2.29. The van der Waals surface area contributed by atoms with Gasteiger partial charge in [0.2, 0.25) is 0 Å². The number of amides is 2. The van der Waals surface area contributed by atoms with Crippen molar-refractivity contribution in [3.8, 4) is 0 Å². The molecule has 0 atom stereocenters. The third-order valence-corrected chi connectivity index (χ3v) is 2.26. The molecule has 4 nitrogen and oxygen atoms in total. The summed E-state index contributed by atoms with van der Waals surface area (Å²) >= 11 is 0. The number of likely N-dealkylation sites (tertiary alicyclic amines) is 1. The predicted molar refractivity (Wildman–Crippen MR) is 50.2 cm³/mol. The number of carbonyl (C=O) groups is 1. The van der Waals surface area contributed by atoms with Crippen molar-refractivity contribution in [2.24, 2.45) is 17.4 Å².